The SMILES string of the molecule is C[C@@H](OC(=O)c1ccccc1)[C@H](N)C(=O)O. The standard InChI is InChI=1S/C11H13NO4/c1-7(9(12)10(13)14)16-11(15)8-5-3-2-4-6-8/h2-7,9H,12H2,1H3,(H,13,14)/t7-,9+/m1/s1. The van der Waals surface area contributed by atoms with Gasteiger partial charge in [0.15, 0.2) is 0 Å². The minimum Gasteiger partial charge on any atom is -0.480 e. The van der Waals surface area contributed by atoms with Gasteiger partial charge in [0.25, 0.3) is 0 Å². The molecule has 0 fully saturated rings. The molecule has 2 atom stereocenters. The molecule has 1 rings (SSSR count). The minimum atomic E-state index is -1.22. The highest BCUT2D eigenvalue weighted by Gasteiger charge is 2.23. The molecule has 0 aromatic heterocycles. The maximum absolute atomic E-state index is 11.5. The smallest absolute Gasteiger partial charge is 0.338 e. The van der Waals surface area contributed by atoms with Gasteiger partial charge in [-0.2, -0.15) is 0 Å². The fourth-order valence-electron chi connectivity index (χ4n) is 1.09. The third-order valence-electron chi connectivity index (χ3n) is 2.09. The van der Waals surface area contributed by atoms with E-state index in [-0.39, 0.29) is 0 Å². The number of rotatable bonds is 4. The number of carboxylic acid groups (broad SMARTS) is 1. The number of carboxylic acids is 1. The molecule has 3 N–H and O–H groups in total. The van der Waals surface area contributed by atoms with Gasteiger partial charge in [0.2, 0.25) is 0 Å². The summed E-state index contributed by atoms with van der Waals surface area (Å²) >= 11 is 0. The van der Waals surface area contributed by atoms with Gasteiger partial charge >= 0.3 is 11.9 Å². The summed E-state index contributed by atoms with van der Waals surface area (Å²) in [7, 11) is 0. The predicted octanol–water partition coefficient (Wildman–Crippen LogP) is 0.644. The first-order valence-electron chi connectivity index (χ1n) is 4.77. The molecule has 0 unspecified atom stereocenters. The van der Waals surface area contributed by atoms with E-state index in [1.54, 1.807) is 30.3 Å². The molecule has 0 aliphatic rings. The van der Waals surface area contributed by atoms with Crippen LogP contribution in [0.2, 0.25) is 0 Å². The molecule has 1 aromatic rings. The molecule has 0 amide bonds. The van der Waals surface area contributed by atoms with Crippen molar-refractivity contribution in [3.8, 4) is 0 Å². The van der Waals surface area contributed by atoms with E-state index in [9.17, 15) is 9.59 Å². The van der Waals surface area contributed by atoms with Crippen LogP contribution in [0.25, 0.3) is 0 Å². The number of hydrogen-bond donors (Lipinski definition) is 2. The first-order valence-corrected chi connectivity index (χ1v) is 4.77. The Balaban J connectivity index is 2.62. The van der Waals surface area contributed by atoms with Crippen molar-refractivity contribution in [2.24, 2.45) is 5.73 Å². The Hall–Kier alpha value is -1.88. The Morgan fingerprint density at radius 1 is 1.31 bits per heavy atom. The van der Waals surface area contributed by atoms with E-state index in [0.717, 1.165) is 0 Å². The zero-order chi connectivity index (χ0) is 12.1. The lowest BCUT2D eigenvalue weighted by Crippen LogP contribution is -2.42. The summed E-state index contributed by atoms with van der Waals surface area (Å²) in [5.41, 5.74) is 5.68. The third-order valence-corrected chi connectivity index (χ3v) is 2.09. The maximum atomic E-state index is 11.5. The summed E-state index contributed by atoms with van der Waals surface area (Å²) in [6, 6.07) is 7.11. The Bertz CT molecular complexity index is 377. The fourth-order valence-corrected chi connectivity index (χ4v) is 1.09. The van der Waals surface area contributed by atoms with E-state index >= 15 is 0 Å². The molecule has 5 heteroatoms. The van der Waals surface area contributed by atoms with E-state index < -0.39 is 24.1 Å². The van der Waals surface area contributed by atoms with Gasteiger partial charge in [-0.15, -0.1) is 0 Å². The lowest BCUT2D eigenvalue weighted by atomic mass is 10.2. The molecule has 0 heterocycles. The van der Waals surface area contributed by atoms with Crippen LogP contribution in [0.15, 0.2) is 30.3 Å². The van der Waals surface area contributed by atoms with Crippen LogP contribution < -0.4 is 5.73 Å². The molecule has 5 nitrogen and oxygen atoms in total. The quantitative estimate of drug-likeness (QED) is 0.731. The van der Waals surface area contributed by atoms with Crippen molar-refractivity contribution < 1.29 is 19.4 Å². The fraction of sp³-hybridized carbons (Fsp3) is 0.273. The van der Waals surface area contributed by atoms with Crippen molar-refractivity contribution in [3.63, 3.8) is 0 Å². The van der Waals surface area contributed by atoms with E-state index in [2.05, 4.69) is 0 Å². The Kier molecular flexibility index (Phi) is 4.02. The monoisotopic (exact) mass is 223 g/mol. The van der Waals surface area contributed by atoms with Crippen LogP contribution >= 0.6 is 0 Å². The van der Waals surface area contributed by atoms with Gasteiger partial charge in [-0.3, -0.25) is 4.79 Å². The van der Waals surface area contributed by atoms with Gasteiger partial charge in [-0.05, 0) is 19.1 Å². The number of ether oxygens (including phenoxy) is 1. The van der Waals surface area contributed by atoms with E-state index in [4.69, 9.17) is 15.6 Å². The molecular weight excluding hydrogens is 210 g/mol. The number of carbonyl (C=O) groups is 2. The molecule has 0 spiro atoms. The highest BCUT2D eigenvalue weighted by Crippen LogP contribution is 2.05. The third kappa shape index (κ3) is 3.06. The van der Waals surface area contributed by atoms with Crippen molar-refractivity contribution >= 4 is 11.9 Å². The number of benzene rings is 1. The first-order chi connectivity index (χ1) is 7.52. The summed E-state index contributed by atoms with van der Waals surface area (Å²) < 4.78 is 4.91. The Morgan fingerprint density at radius 2 is 1.88 bits per heavy atom. The molecule has 0 aliphatic heterocycles. The Labute approximate surface area is 92.8 Å². The molecule has 0 bridgehead atoms. The lowest BCUT2D eigenvalue weighted by Gasteiger charge is -2.16. The number of nitrogens with two attached hydrogens (primary N) is 1. The molecular formula is C11H13NO4. The van der Waals surface area contributed by atoms with Gasteiger partial charge in [-0.1, -0.05) is 18.2 Å². The average molecular weight is 223 g/mol. The topological polar surface area (TPSA) is 89.6 Å². The van der Waals surface area contributed by atoms with Crippen molar-refractivity contribution in [3.05, 3.63) is 35.9 Å². The van der Waals surface area contributed by atoms with Gasteiger partial charge in [0.05, 0.1) is 5.56 Å². The average Bonchev–Trinajstić information content (AvgIpc) is 2.28. The number of hydrogen-bond acceptors (Lipinski definition) is 4. The van der Waals surface area contributed by atoms with Gasteiger partial charge in [-0.25, -0.2) is 4.79 Å². The Morgan fingerprint density at radius 3 is 2.38 bits per heavy atom. The van der Waals surface area contributed by atoms with Crippen molar-refractivity contribution in [1.82, 2.24) is 0 Å². The number of carbonyl (C=O) groups excluding carboxylic acids is 1. The first kappa shape index (κ1) is 12.2. The largest absolute Gasteiger partial charge is 0.480 e. The van der Waals surface area contributed by atoms with Crippen LogP contribution in [0.3, 0.4) is 0 Å². The summed E-state index contributed by atoms with van der Waals surface area (Å²) in [6.07, 6.45) is -0.870. The van der Waals surface area contributed by atoms with Gasteiger partial charge < -0.3 is 15.6 Å². The zero-order valence-electron chi connectivity index (χ0n) is 8.79. The normalized spacial score (nSPS) is 13.9. The predicted molar refractivity (Wildman–Crippen MR) is 56.9 cm³/mol. The second-order valence-corrected chi connectivity index (χ2v) is 3.34. The van der Waals surface area contributed by atoms with E-state index in [0.29, 0.717) is 5.56 Å². The second-order valence-electron chi connectivity index (χ2n) is 3.34. The van der Waals surface area contributed by atoms with E-state index in [1.807, 2.05) is 0 Å². The molecule has 0 aliphatic carbocycles. The van der Waals surface area contributed by atoms with Crippen LogP contribution in [-0.4, -0.2) is 29.2 Å². The highest BCUT2D eigenvalue weighted by atomic mass is 16.5. The number of esters is 1. The molecule has 1 aromatic carbocycles. The minimum absolute atomic E-state index is 0.368. The molecule has 0 radical (unpaired) electrons. The van der Waals surface area contributed by atoms with Gasteiger partial charge in [0, 0.05) is 0 Å². The van der Waals surface area contributed by atoms with Crippen LogP contribution in [0, 0.1) is 0 Å². The summed E-state index contributed by atoms with van der Waals surface area (Å²) in [4.78, 5) is 22.1. The summed E-state index contributed by atoms with van der Waals surface area (Å²) in [6.45, 7) is 1.44. The second kappa shape index (κ2) is 5.27. The lowest BCUT2D eigenvalue weighted by molar-refractivity contribution is -0.140. The van der Waals surface area contributed by atoms with Crippen molar-refractivity contribution in [1.29, 1.82) is 0 Å². The highest BCUT2D eigenvalue weighted by molar-refractivity contribution is 5.89. The molecule has 0 saturated heterocycles. The van der Waals surface area contributed by atoms with Gasteiger partial charge in [0.1, 0.15) is 12.1 Å². The van der Waals surface area contributed by atoms with Crippen LogP contribution in [0.4, 0.5) is 0 Å². The molecule has 16 heavy (non-hydrogen) atoms. The maximum Gasteiger partial charge on any atom is 0.338 e. The summed E-state index contributed by atoms with van der Waals surface area (Å²) in [5, 5.41) is 8.62. The van der Waals surface area contributed by atoms with Crippen molar-refractivity contribution in [2.75, 3.05) is 0 Å². The van der Waals surface area contributed by atoms with Crippen LogP contribution in [0.1, 0.15) is 17.3 Å². The zero-order valence-corrected chi connectivity index (χ0v) is 8.79. The van der Waals surface area contributed by atoms with Crippen LogP contribution in [-0.2, 0) is 9.53 Å². The number of aliphatic carboxylic acids is 1. The summed E-state index contributed by atoms with van der Waals surface area (Å²) in [5.74, 6) is -1.78. The molecule has 0 saturated carbocycles. The van der Waals surface area contributed by atoms with E-state index in [1.165, 1.54) is 6.92 Å². The van der Waals surface area contributed by atoms with Crippen LogP contribution in [0.5, 0.6) is 0 Å². The van der Waals surface area contributed by atoms with Crippen molar-refractivity contribution in [2.45, 2.75) is 19.1 Å². The molecule has 86 valence electrons.